The fraction of sp³-hybridized carbons (Fsp3) is 0.538. The molecule has 1 fully saturated rings. The lowest BCUT2D eigenvalue weighted by Crippen LogP contribution is -2.33. The van der Waals surface area contributed by atoms with Gasteiger partial charge >= 0.3 is 0 Å². The standard InChI is InChI=1S/C13H19NO/c1-10-7-12(9-14-8-10)11-3-5-13(15-2)6-4-11/h3-6,10,12,14H,7-9H2,1-2H3. The van der Waals surface area contributed by atoms with Gasteiger partial charge in [0.1, 0.15) is 5.75 Å². The van der Waals surface area contributed by atoms with Crippen LogP contribution in [0.15, 0.2) is 24.3 Å². The van der Waals surface area contributed by atoms with Crippen LogP contribution in [0, 0.1) is 5.92 Å². The molecule has 0 radical (unpaired) electrons. The molecule has 2 atom stereocenters. The highest BCUT2D eigenvalue weighted by atomic mass is 16.5. The van der Waals surface area contributed by atoms with Gasteiger partial charge in [-0.3, -0.25) is 0 Å². The van der Waals surface area contributed by atoms with Gasteiger partial charge in [0.15, 0.2) is 0 Å². The number of benzene rings is 1. The molecule has 1 aromatic carbocycles. The van der Waals surface area contributed by atoms with Crippen molar-refractivity contribution in [2.45, 2.75) is 19.3 Å². The Morgan fingerprint density at radius 2 is 1.93 bits per heavy atom. The maximum atomic E-state index is 5.16. The van der Waals surface area contributed by atoms with E-state index < -0.39 is 0 Å². The molecular weight excluding hydrogens is 186 g/mol. The van der Waals surface area contributed by atoms with Crippen molar-refractivity contribution in [1.29, 1.82) is 0 Å². The first kappa shape index (κ1) is 10.5. The van der Waals surface area contributed by atoms with Crippen LogP contribution in [0.5, 0.6) is 5.75 Å². The molecule has 1 aromatic rings. The Labute approximate surface area is 91.6 Å². The molecule has 2 rings (SSSR count). The number of piperidine rings is 1. The fourth-order valence-corrected chi connectivity index (χ4v) is 2.29. The number of methoxy groups -OCH3 is 1. The Hall–Kier alpha value is -1.02. The highest BCUT2D eigenvalue weighted by molar-refractivity contribution is 5.29. The van der Waals surface area contributed by atoms with E-state index in [0.717, 1.165) is 24.8 Å². The second-order valence-corrected chi connectivity index (χ2v) is 4.47. The largest absolute Gasteiger partial charge is 0.497 e. The smallest absolute Gasteiger partial charge is 0.118 e. The van der Waals surface area contributed by atoms with Crippen molar-refractivity contribution in [3.05, 3.63) is 29.8 Å². The molecule has 1 saturated heterocycles. The van der Waals surface area contributed by atoms with Crippen LogP contribution in [-0.4, -0.2) is 20.2 Å². The molecular formula is C13H19NO. The first-order valence-electron chi connectivity index (χ1n) is 5.64. The van der Waals surface area contributed by atoms with Gasteiger partial charge in [-0.15, -0.1) is 0 Å². The normalized spacial score (nSPS) is 26.3. The molecule has 0 spiro atoms. The molecule has 1 aliphatic rings. The Bertz CT molecular complexity index is 307. The van der Waals surface area contributed by atoms with Gasteiger partial charge in [-0.05, 0) is 42.5 Å². The average molecular weight is 205 g/mol. The Morgan fingerprint density at radius 1 is 1.20 bits per heavy atom. The van der Waals surface area contributed by atoms with Crippen LogP contribution >= 0.6 is 0 Å². The summed E-state index contributed by atoms with van der Waals surface area (Å²) in [5.74, 6) is 2.39. The van der Waals surface area contributed by atoms with Gasteiger partial charge in [-0.1, -0.05) is 19.1 Å². The first-order valence-corrected chi connectivity index (χ1v) is 5.64. The minimum Gasteiger partial charge on any atom is -0.497 e. The summed E-state index contributed by atoms with van der Waals surface area (Å²) in [6, 6.07) is 8.47. The lowest BCUT2D eigenvalue weighted by molar-refractivity contribution is 0.363. The summed E-state index contributed by atoms with van der Waals surface area (Å²) < 4.78 is 5.16. The van der Waals surface area contributed by atoms with Gasteiger partial charge in [0.05, 0.1) is 7.11 Å². The van der Waals surface area contributed by atoms with Crippen LogP contribution in [0.3, 0.4) is 0 Å². The van der Waals surface area contributed by atoms with Crippen molar-refractivity contribution < 1.29 is 4.74 Å². The highest BCUT2D eigenvalue weighted by Crippen LogP contribution is 2.27. The van der Waals surface area contributed by atoms with E-state index in [4.69, 9.17) is 4.74 Å². The molecule has 82 valence electrons. The van der Waals surface area contributed by atoms with E-state index in [0.29, 0.717) is 5.92 Å². The second kappa shape index (κ2) is 4.67. The number of hydrogen-bond acceptors (Lipinski definition) is 2. The highest BCUT2D eigenvalue weighted by Gasteiger charge is 2.19. The maximum absolute atomic E-state index is 5.16. The van der Waals surface area contributed by atoms with Crippen molar-refractivity contribution in [2.75, 3.05) is 20.2 Å². The maximum Gasteiger partial charge on any atom is 0.118 e. The minimum absolute atomic E-state index is 0.666. The molecule has 0 aromatic heterocycles. The predicted molar refractivity (Wildman–Crippen MR) is 62.4 cm³/mol. The van der Waals surface area contributed by atoms with Gasteiger partial charge in [0.2, 0.25) is 0 Å². The summed E-state index contributed by atoms with van der Waals surface area (Å²) in [6.07, 6.45) is 1.29. The summed E-state index contributed by atoms with van der Waals surface area (Å²) >= 11 is 0. The van der Waals surface area contributed by atoms with Crippen LogP contribution in [0.25, 0.3) is 0 Å². The van der Waals surface area contributed by atoms with Gasteiger partial charge in [-0.25, -0.2) is 0 Å². The molecule has 2 nitrogen and oxygen atoms in total. The number of rotatable bonds is 2. The summed E-state index contributed by atoms with van der Waals surface area (Å²) in [4.78, 5) is 0. The summed E-state index contributed by atoms with van der Waals surface area (Å²) in [7, 11) is 1.71. The van der Waals surface area contributed by atoms with E-state index in [1.54, 1.807) is 7.11 Å². The zero-order valence-corrected chi connectivity index (χ0v) is 9.49. The van der Waals surface area contributed by atoms with Crippen molar-refractivity contribution in [3.8, 4) is 5.75 Å². The van der Waals surface area contributed by atoms with Gasteiger partial charge < -0.3 is 10.1 Å². The van der Waals surface area contributed by atoms with Crippen LogP contribution in [-0.2, 0) is 0 Å². The molecule has 0 aliphatic carbocycles. The molecule has 0 saturated carbocycles. The number of nitrogens with one attached hydrogen (secondary N) is 1. The Balaban J connectivity index is 2.07. The SMILES string of the molecule is COc1ccc(C2CNCC(C)C2)cc1. The van der Waals surface area contributed by atoms with E-state index in [-0.39, 0.29) is 0 Å². The summed E-state index contributed by atoms with van der Waals surface area (Å²) in [6.45, 7) is 4.58. The molecule has 0 bridgehead atoms. The van der Waals surface area contributed by atoms with Crippen LogP contribution in [0.1, 0.15) is 24.8 Å². The molecule has 2 heteroatoms. The molecule has 1 heterocycles. The van der Waals surface area contributed by atoms with Crippen LogP contribution in [0.4, 0.5) is 0 Å². The monoisotopic (exact) mass is 205 g/mol. The summed E-state index contributed by atoms with van der Waals surface area (Å²) in [5, 5.41) is 3.48. The minimum atomic E-state index is 0.666. The van der Waals surface area contributed by atoms with Crippen LogP contribution < -0.4 is 10.1 Å². The third-order valence-corrected chi connectivity index (χ3v) is 3.16. The van der Waals surface area contributed by atoms with Gasteiger partial charge in [0.25, 0.3) is 0 Å². The second-order valence-electron chi connectivity index (χ2n) is 4.47. The lowest BCUT2D eigenvalue weighted by atomic mass is 9.86. The molecule has 1 aliphatic heterocycles. The van der Waals surface area contributed by atoms with Gasteiger partial charge in [-0.2, -0.15) is 0 Å². The van der Waals surface area contributed by atoms with E-state index in [9.17, 15) is 0 Å². The van der Waals surface area contributed by atoms with E-state index in [2.05, 4.69) is 36.5 Å². The zero-order valence-electron chi connectivity index (χ0n) is 9.49. The number of ether oxygens (including phenoxy) is 1. The number of hydrogen-bond donors (Lipinski definition) is 1. The van der Waals surface area contributed by atoms with Crippen LogP contribution in [0.2, 0.25) is 0 Å². The zero-order chi connectivity index (χ0) is 10.7. The van der Waals surface area contributed by atoms with Crippen molar-refractivity contribution in [3.63, 3.8) is 0 Å². The van der Waals surface area contributed by atoms with Crippen molar-refractivity contribution >= 4 is 0 Å². The lowest BCUT2D eigenvalue weighted by Gasteiger charge is -2.28. The van der Waals surface area contributed by atoms with E-state index in [1.807, 2.05) is 0 Å². The Kier molecular flexibility index (Phi) is 3.27. The van der Waals surface area contributed by atoms with Crippen molar-refractivity contribution in [1.82, 2.24) is 5.32 Å². The topological polar surface area (TPSA) is 21.3 Å². The van der Waals surface area contributed by atoms with E-state index in [1.165, 1.54) is 12.0 Å². The molecule has 1 N–H and O–H groups in total. The molecule has 0 amide bonds. The quantitative estimate of drug-likeness (QED) is 0.800. The third kappa shape index (κ3) is 2.51. The average Bonchev–Trinajstić information content (AvgIpc) is 2.29. The Morgan fingerprint density at radius 3 is 2.53 bits per heavy atom. The molecule has 15 heavy (non-hydrogen) atoms. The predicted octanol–water partition coefficient (Wildman–Crippen LogP) is 2.41. The van der Waals surface area contributed by atoms with Gasteiger partial charge in [0, 0.05) is 6.54 Å². The first-order chi connectivity index (χ1) is 7.29. The fourth-order valence-electron chi connectivity index (χ4n) is 2.29. The van der Waals surface area contributed by atoms with Crippen molar-refractivity contribution in [2.24, 2.45) is 5.92 Å². The summed E-state index contributed by atoms with van der Waals surface area (Å²) in [5.41, 5.74) is 1.43. The van der Waals surface area contributed by atoms with E-state index >= 15 is 0 Å². The third-order valence-electron chi connectivity index (χ3n) is 3.16. The molecule has 2 unspecified atom stereocenters.